The first-order chi connectivity index (χ1) is 7.80. The molecule has 2 heteroatoms. The standard InChI is InChI=1S/C14H16OS/c15-13-10-14(9-5-4-8-12(13)14)16-11-6-2-1-3-7-11/h1-3,6-7,12H,4-5,8-10H2/t12-,14-/m1/s1. The predicted octanol–water partition coefficient (Wildman–Crippen LogP) is 3.68. The molecule has 2 aliphatic rings. The Morgan fingerprint density at radius 2 is 2.00 bits per heavy atom. The summed E-state index contributed by atoms with van der Waals surface area (Å²) >= 11 is 1.94. The second kappa shape index (κ2) is 3.92. The Hall–Kier alpha value is -0.760. The second-order valence-electron chi connectivity index (χ2n) is 4.92. The first kappa shape index (κ1) is 10.4. The summed E-state index contributed by atoms with van der Waals surface area (Å²) in [6.07, 6.45) is 5.69. The van der Waals surface area contributed by atoms with E-state index in [4.69, 9.17) is 0 Å². The predicted molar refractivity (Wildman–Crippen MR) is 66.6 cm³/mol. The highest BCUT2D eigenvalue weighted by atomic mass is 32.2. The van der Waals surface area contributed by atoms with E-state index >= 15 is 0 Å². The van der Waals surface area contributed by atoms with Crippen LogP contribution in [0.4, 0.5) is 0 Å². The lowest BCUT2D eigenvalue weighted by Crippen LogP contribution is -2.53. The van der Waals surface area contributed by atoms with Crippen LogP contribution in [0.25, 0.3) is 0 Å². The third-order valence-corrected chi connectivity index (χ3v) is 5.45. The molecule has 0 unspecified atom stereocenters. The summed E-state index contributed by atoms with van der Waals surface area (Å²) < 4.78 is 0.261. The fourth-order valence-corrected chi connectivity index (χ4v) is 4.66. The Bertz CT molecular complexity index is 400. The molecule has 1 aromatic carbocycles. The number of carbonyl (C=O) groups excluding carboxylic acids is 1. The van der Waals surface area contributed by atoms with Gasteiger partial charge in [0.25, 0.3) is 0 Å². The van der Waals surface area contributed by atoms with Crippen molar-refractivity contribution in [2.45, 2.75) is 41.7 Å². The van der Waals surface area contributed by atoms with Gasteiger partial charge in [-0.05, 0) is 25.0 Å². The first-order valence-electron chi connectivity index (χ1n) is 6.07. The Kier molecular flexibility index (Phi) is 2.55. The third kappa shape index (κ3) is 1.60. The molecule has 0 heterocycles. The van der Waals surface area contributed by atoms with Crippen LogP contribution in [0.2, 0.25) is 0 Å². The van der Waals surface area contributed by atoms with Crippen molar-refractivity contribution in [2.24, 2.45) is 5.92 Å². The smallest absolute Gasteiger partial charge is 0.138 e. The van der Waals surface area contributed by atoms with Gasteiger partial charge in [-0.1, -0.05) is 31.0 Å². The number of hydrogen-bond donors (Lipinski definition) is 0. The minimum absolute atomic E-state index is 0.261. The van der Waals surface area contributed by atoms with E-state index in [2.05, 4.69) is 24.3 Å². The quantitative estimate of drug-likeness (QED) is 0.773. The van der Waals surface area contributed by atoms with Crippen molar-refractivity contribution in [3.8, 4) is 0 Å². The molecule has 16 heavy (non-hydrogen) atoms. The van der Waals surface area contributed by atoms with Crippen LogP contribution in [-0.4, -0.2) is 10.5 Å². The fourth-order valence-electron chi connectivity index (χ4n) is 3.04. The van der Waals surface area contributed by atoms with Crippen LogP contribution in [0.5, 0.6) is 0 Å². The van der Waals surface area contributed by atoms with Crippen molar-refractivity contribution < 1.29 is 4.79 Å². The highest BCUT2D eigenvalue weighted by Gasteiger charge is 2.54. The van der Waals surface area contributed by atoms with E-state index in [1.807, 2.05) is 17.8 Å². The van der Waals surface area contributed by atoms with Crippen molar-refractivity contribution in [2.75, 3.05) is 0 Å². The molecule has 1 nitrogen and oxygen atoms in total. The van der Waals surface area contributed by atoms with Crippen LogP contribution in [-0.2, 0) is 4.79 Å². The van der Waals surface area contributed by atoms with Gasteiger partial charge in [-0.25, -0.2) is 0 Å². The molecule has 2 fully saturated rings. The molecular formula is C14H16OS. The van der Waals surface area contributed by atoms with E-state index in [0.717, 1.165) is 12.8 Å². The summed E-state index contributed by atoms with van der Waals surface area (Å²) in [6, 6.07) is 10.5. The van der Waals surface area contributed by atoms with Gasteiger partial charge in [0.15, 0.2) is 0 Å². The van der Waals surface area contributed by atoms with Crippen LogP contribution >= 0.6 is 11.8 Å². The van der Waals surface area contributed by atoms with Gasteiger partial charge in [0, 0.05) is 22.0 Å². The summed E-state index contributed by atoms with van der Waals surface area (Å²) in [5.74, 6) is 0.856. The SMILES string of the molecule is O=C1C[C@]2(Sc3ccccc3)CCCC[C@H]12. The van der Waals surface area contributed by atoms with Crippen LogP contribution in [0.1, 0.15) is 32.1 Å². The van der Waals surface area contributed by atoms with Gasteiger partial charge < -0.3 is 0 Å². The molecule has 0 aliphatic heterocycles. The largest absolute Gasteiger partial charge is 0.299 e. The van der Waals surface area contributed by atoms with Crippen molar-refractivity contribution in [3.63, 3.8) is 0 Å². The topological polar surface area (TPSA) is 17.1 Å². The van der Waals surface area contributed by atoms with Gasteiger partial charge in [-0.3, -0.25) is 4.79 Å². The van der Waals surface area contributed by atoms with Gasteiger partial charge in [0.1, 0.15) is 5.78 Å². The maximum Gasteiger partial charge on any atom is 0.138 e. The van der Waals surface area contributed by atoms with Gasteiger partial charge in [0.2, 0.25) is 0 Å². The van der Waals surface area contributed by atoms with Crippen LogP contribution in [0.3, 0.4) is 0 Å². The second-order valence-corrected chi connectivity index (χ2v) is 6.41. The fraction of sp³-hybridized carbons (Fsp3) is 0.500. The number of fused-ring (bicyclic) bond motifs is 1. The van der Waals surface area contributed by atoms with Gasteiger partial charge in [0.05, 0.1) is 0 Å². The molecule has 0 N–H and O–H groups in total. The summed E-state index contributed by atoms with van der Waals surface area (Å²) in [6.45, 7) is 0. The average molecular weight is 232 g/mol. The lowest BCUT2D eigenvalue weighted by Gasteiger charge is -2.50. The van der Waals surface area contributed by atoms with Crippen LogP contribution in [0, 0.1) is 5.92 Å². The average Bonchev–Trinajstić information content (AvgIpc) is 2.29. The summed E-state index contributed by atoms with van der Waals surface area (Å²) in [5.41, 5.74) is 0. The van der Waals surface area contributed by atoms with Crippen LogP contribution in [0.15, 0.2) is 35.2 Å². The van der Waals surface area contributed by atoms with Crippen molar-refractivity contribution in [3.05, 3.63) is 30.3 Å². The normalized spacial score (nSPS) is 33.0. The highest BCUT2D eigenvalue weighted by molar-refractivity contribution is 8.00. The number of ketones is 1. The minimum atomic E-state index is 0.261. The molecule has 0 amide bonds. The number of rotatable bonds is 2. The highest BCUT2D eigenvalue weighted by Crippen LogP contribution is 2.56. The van der Waals surface area contributed by atoms with E-state index in [-0.39, 0.29) is 4.75 Å². The lowest BCUT2D eigenvalue weighted by atomic mass is 9.64. The Morgan fingerprint density at radius 1 is 1.19 bits per heavy atom. The number of hydrogen-bond acceptors (Lipinski definition) is 2. The maximum atomic E-state index is 11.6. The minimum Gasteiger partial charge on any atom is -0.299 e. The molecule has 0 saturated heterocycles. The molecule has 3 rings (SSSR count). The number of benzene rings is 1. The maximum absolute atomic E-state index is 11.6. The summed E-state index contributed by atoms with van der Waals surface area (Å²) in [7, 11) is 0. The number of thioether (sulfide) groups is 1. The lowest BCUT2D eigenvalue weighted by molar-refractivity contribution is -0.133. The van der Waals surface area contributed by atoms with Crippen molar-refractivity contribution in [1.82, 2.24) is 0 Å². The van der Waals surface area contributed by atoms with E-state index in [1.165, 1.54) is 24.2 Å². The van der Waals surface area contributed by atoms with Gasteiger partial charge in [-0.2, -0.15) is 0 Å². The number of Topliss-reactive ketones (excluding diaryl/α,β-unsaturated/α-hetero) is 1. The molecule has 2 atom stereocenters. The van der Waals surface area contributed by atoms with Crippen LogP contribution < -0.4 is 0 Å². The molecule has 0 spiro atoms. The van der Waals surface area contributed by atoms with Gasteiger partial charge in [-0.15, -0.1) is 11.8 Å². The zero-order valence-electron chi connectivity index (χ0n) is 9.32. The van der Waals surface area contributed by atoms with E-state index in [9.17, 15) is 4.79 Å². The summed E-state index contributed by atoms with van der Waals surface area (Å²) in [5, 5.41) is 0. The molecule has 0 bridgehead atoms. The molecular weight excluding hydrogens is 216 g/mol. The van der Waals surface area contributed by atoms with Crippen molar-refractivity contribution >= 4 is 17.5 Å². The monoisotopic (exact) mass is 232 g/mol. The zero-order chi connectivity index (χ0) is 11.0. The molecule has 2 aliphatic carbocycles. The van der Waals surface area contributed by atoms with E-state index in [1.54, 1.807) is 0 Å². The summed E-state index contributed by atoms with van der Waals surface area (Å²) in [4.78, 5) is 13.0. The molecule has 0 radical (unpaired) electrons. The molecule has 1 aromatic rings. The molecule has 2 saturated carbocycles. The van der Waals surface area contributed by atoms with Gasteiger partial charge >= 0.3 is 0 Å². The number of carbonyl (C=O) groups is 1. The molecule has 84 valence electrons. The Balaban J connectivity index is 1.81. The Labute approximate surface area is 101 Å². The van der Waals surface area contributed by atoms with Crippen molar-refractivity contribution in [1.29, 1.82) is 0 Å². The van der Waals surface area contributed by atoms with E-state index < -0.39 is 0 Å². The Morgan fingerprint density at radius 3 is 2.75 bits per heavy atom. The first-order valence-corrected chi connectivity index (χ1v) is 6.89. The molecule has 0 aromatic heterocycles. The third-order valence-electron chi connectivity index (χ3n) is 3.90. The zero-order valence-corrected chi connectivity index (χ0v) is 10.1. The van der Waals surface area contributed by atoms with E-state index in [0.29, 0.717) is 11.7 Å².